The van der Waals surface area contributed by atoms with Gasteiger partial charge in [0.15, 0.2) is 0 Å². The molecule has 1 aliphatic rings. The summed E-state index contributed by atoms with van der Waals surface area (Å²) in [6, 6.07) is 7.26. The molecule has 1 saturated heterocycles. The minimum Gasteiger partial charge on any atom is -0.379 e. The quantitative estimate of drug-likeness (QED) is 0.758. The van der Waals surface area contributed by atoms with E-state index < -0.39 is 10.0 Å². The van der Waals surface area contributed by atoms with Crippen molar-refractivity contribution >= 4 is 21.1 Å². The Labute approximate surface area is 129 Å². The van der Waals surface area contributed by atoms with E-state index in [2.05, 4.69) is 19.6 Å². The van der Waals surface area contributed by atoms with Crippen LogP contribution in [-0.2, 0) is 14.8 Å². The minimum atomic E-state index is -3.58. The number of H-pyrrole nitrogens is 1. The van der Waals surface area contributed by atoms with Crippen LogP contribution in [0.2, 0.25) is 0 Å². The Kier molecular flexibility index (Phi) is 4.72. The number of para-hydroxylation sites is 2. The Bertz CT molecular complexity index is 690. The zero-order chi connectivity index (χ0) is 15.4. The first-order valence-electron chi connectivity index (χ1n) is 7.40. The Balaban J connectivity index is 1.54. The monoisotopic (exact) mass is 324 g/mol. The molecular formula is C14H20N4O3S. The molecular weight excluding hydrogens is 304 g/mol. The molecule has 2 heterocycles. The van der Waals surface area contributed by atoms with Crippen molar-refractivity contribution in [1.29, 1.82) is 0 Å². The second kappa shape index (κ2) is 6.74. The summed E-state index contributed by atoms with van der Waals surface area (Å²) in [5.74, 6) is 0. The first-order chi connectivity index (χ1) is 10.6. The molecule has 1 aromatic heterocycles. The molecule has 1 aromatic carbocycles. The van der Waals surface area contributed by atoms with Gasteiger partial charge in [0.05, 0.1) is 24.2 Å². The SMILES string of the molecule is O=S(=O)(NCCCN1CCOCC1)c1nc2ccccc2[nH]1. The standard InChI is InChI=1S/C14H20N4O3S/c19-22(20,14-16-12-4-1-2-5-13(12)17-14)15-6-3-7-18-8-10-21-11-9-18/h1-2,4-5,15H,3,6-11H2,(H,16,17). The van der Waals surface area contributed by atoms with E-state index in [9.17, 15) is 8.42 Å². The van der Waals surface area contributed by atoms with Gasteiger partial charge in [-0.25, -0.2) is 18.1 Å². The highest BCUT2D eigenvalue weighted by atomic mass is 32.2. The van der Waals surface area contributed by atoms with Crippen molar-refractivity contribution in [3.8, 4) is 0 Å². The van der Waals surface area contributed by atoms with Crippen molar-refractivity contribution in [2.45, 2.75) is 11.6 Å². The van der Waals surface area contributed by atoms with Crippen LogP contribution in [0.15, 0.2) is 29.4 Å². The Morgan fingerprint density at radius 1 is 1.27 bits per heavy atom. The smallest absolute Gasteiger partial charge is 0.274 e. The molecule has 1 fully saturated rings. The molecule has 2 aromatic rings. The van der Waals surface area contributed by atoms with Crippen molar-refractivity contribution in [2.24, 2.45) is 0 Å². The van der Waals surface area contributed by atoms with Crippen molar-refractivity contribution in [3.05, 3.63) is 24.3 Å². The Hall–Kier alpha value is -1.48. The van der Waals surface area contributed by atoms with E-state index in [1.54, 1.807) is 12.1 Å². The molecule has 2 N–H and O–H groups in total. The van der Waals surface area contributed by atoms with Crippen LogP contribution in [0.25, 0.3) is 11.0 Å². The molecule has 0 amide bonds. The average Bonchev–Trinajstić information content (AvgIpc) is 2.98. The van der Waals surface area contributed by atoms with E-state index in [0.29, 0.717) is 12.1 Å². The lowest BCUT2D eigenvalue weighted by Crippen LogP contribution is -2.38. The molecule has 0 bridgehead atoms. The fourth-order valence-corrected chi connectivity index (χ4v) is 3.47. The molecule has 1 aliphatic heterocycles. The predicted octanol–water partition coefficient (Wildman–Crippen LogP) is 0.564. The van der Waals surface area contributed by atoms with Gasteiger partial charge in [0.2, 0.25) is 5.16 Å². The third-order valence-corrected chi connectivity index (χ3v) is 4.96. The third-order valence-electron chi connectivity index (χ3n) is 3.67. The number of imidazole rings is 1. The van der Waals surface area contributed by atoms with Crippen molar-refractivity contribution < 1.29 is 13.2 Å². The van der Waals surface area contributed by atoms with Crippen LogP contribution in [0.4, 0.5) is 0 Å². The molecule has 3 rings (SSSR count). The van der Waals surface area contributed by atoms with Crippen LogP contribution in [0.3, 0.4) is 0 Å². The van der Waals surface area contributed by atoms with Crippen LogP contribution in [0, 0.1) is 0 Å². The lowest BCUT2D eigenvalue weighted by Gasteiger charge is -2.26. The van der Waals surface area contributed by atoms with E-state index >= 15 is 0 Å². The average molecular weight is 324 g/mol. The molecule has 0 saturated carbocycles. The normalized spacial score (nSPS) is 17.1. The zero-order valence-corrected chi connectivity index (χ0v) is 13.1. The summed E-state index contributed by atoms with van der Waals surface area (Å²) >= 11 is 0. The number of rotatable bonds is 6. The van der Waals surface area contributed by atoms with Gasteiger partial charge in [-0.2, -0.15) is 0 Å². The van der Waals surface area contributed by atoms with Crippen LogP contribution in [-0.4, -0.2) is 62.7 Å². The lowest BCUT2D eigenvalue weighted by atomic mass is 10.3. The molecule has 0 atom stereocenters. The Morgan fingerprint density at radius 3 is 2.82 bits per heavy atom. The van der Waals surface area contributed by atoms with Gasteiger partial charge in [-0.3, -0.25) is 4.90 Å². The third kappa shape index (κ3) is 3.64. The number of benzene rings is 1. The fourth-order valence-electron chi connectivity index (χ4n) is 2.46. The summed E-state index contributed by atoms with van der Waals surface area (Å²) in [5.41, 5.74) is 1.37. The minimum absolute atomic E-state index is 0.0277. The van der Waals surface area contributed by atoms with E-state index in [1.165, 1.54) is 0 Å². The number of morpholine rings is 1. The largest absolute Gasteiger partial charge is 0.379 e. The number of sulfonamides is 1. The number of aromatic nitrogens is 2. The van der Waals surface area contributed by atoms with E-state index in [1.807, 2.05) is 12.1 Å². The summed E-state index contributed by atoms with van der Waals surface area (Å²) < 4.78 is 32.3. The first kappa shape index (κ1) is 15.4. The van der Waals surface area contributed by atoms with Crippen LogP contribution >= 0.6 is 0 Å². The maximum absolute atomic E-state index is 12.2. The van der Waals surface area contributed by atoms with Gasteiger partial charge in [0.1, 0.15) is 0 Å². The summed E-state index contributed by atoms with van der Waals surface area (Å²) in [4.78, 5) is 9.23. The lowest BCUT2D eigenvalue weighted by molar-refractivity contribution is 0.0376. The number of hydrogen-bond acceptors (Lipinski definition) is 5. The van der Waals surface area contributed by atoms with Gasteiger partial charge in [0, 0.05) is 19.6 Å². The second-order valence-corrected chi connectivity index (χ2v) is 6.95. The molecule has 120 valence electrons. The van der Waals surface area contributed by atoms with E-state index in [-0.39, 0.29) is 5.16 Å². The van der Waals surface area contributed by atoms with E-state index in [4.69, 9.17) is 4.74 Å². The van der Waals surface area contributed by atoms with Gasteiger partial charge >= 0.3 is 0 Å². The molecule has 0 aliphatic carbocycles. The predicted molar refractivity (Wildman–Crippen MR) is 83.2 cm³/mol. The topological polar surface area (TPSA) is 87.3 Å². The molecule has 8 heteroatoms. The number of nitrogens with one attached hydrogen (secondary N) is 2. The Morgan fingerprint density at radius 2 is 2.05 bits per heavy atom. The second-order valence-electron chi connectivity index (χ2n) is 5.26. The summed E-state index contributed by atoms with van der Waals surface area (Å²) in [6.07, 6.45) is 0.763. The van der Waals surface area contributed by atoms with Crippen molar-refractivity contribution in [3.63, 3.8) is 0 Å². The zero-order valence-electron chi connectivity index (χ0n) is 12.3. The maximum atomic E-state index is 12.2. The van der Waals surface area contributed by atoms with Gasteiger partial charge in [-0.05, 0) is 25.1 Å². The molecule has 22 heavy (non-hydrogen) atoms. The summed E-state index contributed by atoms with van der Waals surface area (Å²) in [7, 11) is -3.58. The highest BCUT2D eigenvalue weighted by Gasteiger charge is 2.18. The van der Waals surface area contributed by atoms with Crippen LogP contribution in [0.1, 0.15) is 6.42 Å². The molecule has 0 radical (unpaired) electrons. The maximum Gasteiger partial charge on any atom is 0.274 e. The van der Waals surface area contributed by atoms with Crippen LogP contribution in [0.5, 0.6) is 0 Å². The first-order valence-corrected chi connectivity index (χ1v) is 8.88. The van der Waals surface area contributed by atoms with Crippen molar-refractivity contribution in [1.82, 2.24) is 19.6 Å². The van der Waals surface area contributed by atoms with Gasteiger partial charge in [0.25, 0.3) is 10.0 Å². The molecule has 0 spiro atoms. The number of fused-ring (bicyclic) bond motifs is 1. The van der Waals surface area contributed by atoms with Gasteiger partial charge in [-0.15, -0.1) is 0 Å². The fraction of sp³-hybridized carbons (Fsp3) is 0.500. The van der Waals surface area contributed by atoms with E-state index in [0.717, 1.165) is 44.8 Å². The molecule has 7 nitrogen and oxygen atoms in total. The highest BCUT2D eigenvalue weighted by Crippen LogP contribution is 2.13. The summed E-state index contributed by atoms with van der Waals surface area (Å²) in [6.45, 7) is 4.60. The van der Waals surface area contributed by atoms with Crippen LogP contribution < -0.4 is 4.72 Å². The van der Waals surface area contributed by atoms with Gasteiger partial charge in [-0.1, -0.05) is 12.1 Å². The number of aromatic amines is 1. The number of hydrogen-bond donors (Lipinski definition) is 2. The van der Waals surface area contributed by atoms with Crippen molar-refractivity contribution in [2.75, 3.05) is 39.4 Å². The highest BCUT2D eigenvalue weighted by molar-refractivity contribution is 7.89. The number of nitrogens with zero attached hydrogens (tertiary/aromatic N) is 2. The summed E-state index contributed by atoms with van der Waals surface area (Å²) in [5, 5.41) is -0.0277. The molecule has 0 unspecified atom stereocenters. The number of ether oxygens (including phenoxy) is 1. The van der Waals surface area contributed by atoms with Gasteiger partial charge < -0.3 is 9.72 Å².